The number of aromatic nitrogens is 2. The van der Waals surface area contributed by atoms with Gasteiger partial charge in [0.2, 0.25) is 5.95 Å². The van der Waals surface area contributed by atoms with Gasteiger partial charge in [-0.05, 0) is 73.2 Å². The maximum Gasteiger partial charge on any atom is 0.416 e. The largest absolute Gasteiger partial charge is 0.490 e. The molecule has 53 heavy (non-hydrogen) atoms. The van der Waals surface area contributed by atoms with E-state index in [1.54, 1.807) is 6.92 Å². The highest BCUT2D eigenvalue weighted by Crippen LogP contribution is 2.46. The van der Waals surface area contributed by atoms with Crippen LogP contribution in [0.5, 0.6) is 5.75 Å². The van der Waals surface area contributed by atoms with Crippen LogP contribution in [0.25, 0.3) is 0 Å². The average molecular weight is 762 g/mol. The number of hydrogen-bond acceptors (Lipinski definition) is 8. The fraction of sp³-hybridized carbons (Fsp3) is 0.441. The molecule has 2 heterocycles. The lowest BCUT2D eigenvalue weighted by Crippen LogP contribution is -2.48. The molecule has 0 unspecified atom stereocenters. The third-order valence-electron chi connectivity index (χ3n) is 8.21. The Kier molecular flexibility index (Phi) is 12.7. The van der Waals surface area contributed by atoms with Crippen molar-refractivity contribution >= 4 is 23.7 Å². The first-order valence-corrected chi connectivity index (χ1v) is 16.1. The zero-order valence-electron chi connectivity index (χ0n) is 27.9. The van der Waals surface area contributed by atoms with Gasteiger partial charge in [0.15, 0.2) is 5.75 Å². The number of nitrogens with zero attached hydrogens (tertiary/aromatic N) is 5. The number of carbonyl (C=O) groups is 2. The molecule has 1 aromatic heterocycles. The average Bonchev–Trinajstić information content (AvgIpc) is 3.09. The van der Waals surface area contributed by atoms with E-state index in [-0.39, 0.29) is 74.3 Å². The summed E-state index contributed by atoms with van der Waals surface area (Å²) < 4.78 is 136. The van der Waals surface area contributed by atoms with Crippen molar-refractivity contribution in [2.75, 3.05) is 23.0 Å². The predicted molar refractivity (Wildman–Crippen MR) is 169 cm³/mol. The number of fused-ring (bicyclic) bond motifs is 1. The minimum Gasteiger partial charge on any atom is -0.490 e. The smallest absolute Gasteiger partial charge is 0.416 e. The van der Waals surface area contributed by atoms with Crippen LogP contribution in [0.4, 0.5) is 55.9 Å². The molecule has 0 aliphatic carbocycles. The van der Waals surface area contributed by atoms with E-state index in [2.05, 4.69) is 9.97 Å². The Morgan fingerprint density at radius 2 is 1.55 bits per heavy atom. The van der Waals surface area contributed by atoms with Gasteiger partial charge in [0, 0.05) is 25.4 Å². The Balaban J connectivity index is 1.88. The number of aliphatic carboxylic acids is 1. The molecule has 2 aromatic carbocycles. The van der Waals surface area contributed by atoms with Gasteiger partial charge >= 0.3 is 30.6 Å². The van der Waals surface area contributed by atoms with Crippen LogP contribution in [0.2, 0.25) is 0 Å². The highest BCUT2D eigenvalue weighted by molar-refractivity contribution is 5.90. The van der Waals surface area contributed by atoms with Gasteiger partial charge in [0.05, 0.1) is 60.1 Å². The number of benzene rings is 2. The van der Waals surface area contributed by atoms with Gasteiger partial charge in [-0.25, -0.2) is 14.8 Å². The Hall–Kier alpha value is -5.28. The van der Waals surface area contributed by atoms with E-state index in [0.29, 0.717) is 24.6 Å². The highest BCUT2D eigenvalue weighted by atomic mass is 19.4. The van der Waals surface area contributed by atoms with Crippen LogP contribution < -0.4 is 14.5 Å². The molecule has 3 aromatic rings. The van der Waals surface area contributed by atoms with E-state index in [4.69, 9.17) is 19.8 Å². The van der Waals surface area contributed by atoms with Gasteiger partial charge in [0.25, 0.3) is 0 Å². The van der Waals surface area contributed by atoms with Gasteiger partial charge in [0.1, 0.15) is 0 Å². The first kappa shape index (κ1) is 40.5. The predicted octanol–water partition coefficient (Wildman–Crippen LogP) is 8.95. The minimum atomic E-state index is -5.19. The molecule has 19 heteroatoms. The van der Waals surface area contributed by atoms with Gasteiger partial charge in [-0.2, -0.15) is 44.8 Å². The summed E-state index contributed by atoms with van der Waals surface area (Å²) in [5.41, 5.74) is -5.19. The molecule has 0 saturated heterocycles. The van der Waals surface area contributed by atoms with Crippen molar-refractivity contribution in [3.63, 3.8) is 0 Å². The minimum absolute atomic E-state index is 0.0542. The van der Waals surface area contributed by atoms with Gasteiger partial charge in [-0.1, -0.05) is 6.92 Å². The van der Waals surface area contributed by atoms with Crippen molar-refractivity contribution in [2.24, 2.45) is 0 Å². The van der Waals surface area contributed by atoms with Crippen LogP contribution in [0.15, 0.2) is 48.8 Å². The Bertz CT molecular complexity index is 1760. The van der Waals surface area contributed by atoms with E-state index in [1.165, 1.54) is 0 Å². The first-order valence-electron chi connectivity index (χ1n) is 16.1. The van der Waals surface area contributed by atoms with E-state index in [9.17, 15) is 49.1 Å². The zero-order valence-corrected chi connectivity index (χ0v) is 27.9. The highest BCUT2D eigenvalue weighted by Gasteiger charge is 2.42. The maximum absolute atomic E-state index is 14.1. The number of rotatable bonds is 13. The van der Waals surface area contributed by atoms with Crippen molar-refractivity contribution in [1.29, 1.82) is 5.26 Å². The number of unbranched alkanes of at least 4 members (excludes halogenated alkanes) is 1. The summed E-state index contributed by atoms with van der Waals surface area (Å²) in [6, 6.07) is 3.20. The number of halogens is 9. The summed E-state index contributed by atoms with van der Waals surface area (Å²) in [5, 5.41) is 17.6. The molecule has 1 N–H and O–H groups in total. The monoisotopic (exact) mass is 761 g/mol. The molecule has 286 valence electrons. The zero-order chi connectivity index (χ0) is 39.1. The Labute approximate surface area is 296 Å². The molecule has 0 saturated carbocycles. The van der Waals surface area contributed by atoms with Crippen LogP contribution in [0.1, 0.15) is 79.3 Å². The maximum atomic E-state index is 14.1. The molecule has 0 spiro atoms. The van der Waals surface area contributed by atoms with Crippen LogP contribution in [0.3, 0.4) is 0 Å². The third-order valence-corrected chi connectivity index (χ3v) is 8.21. The standard InChI is InChI=1S/C34H32F9N5O5/c1-2-24-16-28(26-15-21(32(35,36)37)7-8-27(26)48(24)31(51)53-11-5-6-29(49)50)47(30-45-17-25(18-46-30)52-10-4-3-9-44)19-20-12-22(33(38,39)40)14-23(13-20)34(41,42)43/h7-8,12-15,17-18,24,28H,2-6,10-11,16,19H2,1H3,(H,49,50)/t24-,28+/m1/s1. The van der Waals surface area contributed by atoms with E-state index in [0.717, 1.165) is 34.3 Å². The molecule has 1 amide bonds. The summed E-state index contributed by atoms with van der Waals surface area (Å²) in [7, 11) is 0. The molecule has 2 atom stereocenters. The van der Waals surface area contributed by atoms with Crippen molar-refractivity contribution in [1.82, 2.24) is 9.97 Å². The van der Waals surface area contributed by atoms with Crippen LogP contribution in [0, 0.1) is 11.3 Å². The number of hydrogen-bond donors (Lipinski definition) is 1. The number of nitriles is 1. The molecule has 1 aliphatic heterocycles. The summed E-state index contributed by atoms with van der Waals surface area (Å²) in [6.07, 6.45) is -13.9. The molecule has 0 bridgehead atoms. The fourth-order valence-electron chi connectivity index (χ4n) is 5.75. The lowest BCUT2D eigenvalue weighted by molar-refractivity contribution is -0.143. The Morgan fingerprint density at radius 1 is 0.925 bits per heavy atom. The van der Waals surface area contributed by atoms with Crippen LogP contribution in [-0.2, 0) is 34.6 Å². The number of carboxylic acid groups (broad SMARTS) is 1. The number of ether oxygens (including phenoxy) is 2. The van der Waals surface area contributed by atoms with E-state index >= 15 is 0 Å². The van der Waals surface area contributed by atoms with Crippen molar-refractivity contribution in [3.8, 4) is 11.8 Å². The second kappa shape index (κ2) is 16.6. The van der Waals surface area contributed by atoms with Crippen molar-refractivity contribution in [2.45, 2.75) is 82.6 Å². The summed E-state index contributed by atoms with van der Waals surface area (Å²) in [5.74, 6) is -1.35. The Morgan fingerprint density at radius 3 is 2.09 bits per heavy atom. The van der Waals surface area contributed by atoms with Gasteiger partial charge < -0.3 is 19.5 Å². The fourth-order valence-corrected chi connectivity index (χ4v) is 5.75. The normalized spacial score (nSPS) is 16.1. The van der Waals surface area contributed by atoms with Crippen molar-refractivity contribution < 1.29 is 63.7 Å². The summed E-state index contributed by atoms with van der Waals surface area (Å²) >= 11 is 0. The SMILES string of the molecule is CC[C@@H]1C[C@H](N(Cc2cc(C(F)(F)F)cc(C(F)(F)F)c2)c2ncc(OCCCC#N)cn2)c2cc(C(F)(F)F)ccc2N1C(=O)OCCCC(=O)O. The molecular weight excluding hydrogens is 729 g/mol. The molecule has 0 radical (unpaired) electrons. The number of carboxylic acids is 1. The molecular formula is C34H32F9N5O5. The molecule has 0 fully saturated rings. The van der Waals surface area contributed by atoms with Crippen LogP contribution >= 0.6 is 0 Å². The number of alkyl halides is 9. The lowest BCUT2D eigenvalue weighted by Gasteiger charge is -2.44. The molecule has 4 rings (SSSR count). The third kappa shape index (κ3) is 10.4. The number of amides is 1. The van der Waals surface area contributed by atoms with Gasteiger partial charge in [-0.15, -0.1) is 0 Å². The second-order valence-corrected chi connectivity index (χ2v) is 11.9. The summed E-state index contributed by atoms with van der Waals surface area (Å²) in [4.78, 5) is 35.0. The second-order valence-electron chi connectivity index (χ2n) is 11.9. The quantitative estimate of drug-likeness (QED) is 0.134. The van der Waals surface area contributed by atoms with Crippen LogP contribution in [-0.4, -0.2) is 46.4 Å². The lowest BCUT2D eigenvalue weighted by atomic mass is 9.87. The first-order chi connectivity index (χ1) is 24.8. The topological polar surface area (TPSA) is 129 Å². The van der Waals surface area contributed by atoms with Crippen molar-refractivity contribution in [3.05, 3.63) is 76.6 Å². The number of anilines is 2. The van der Waals surface area contributed by atoms with Gasteiger partial charge in [-0.3, -0.25) is 9.69 Å². The van der Waals surface area contributed by atoms with E-state index < -0.39 is 71.5 Å². The molecule has 10 nitrogen and oxygen atoms in total. The summed E-state index contributed by atoms with van der Waals surface area (Å²) in [6.45, 7) is 0.634. The number of carbonyl (C=O) groups excluding carboxylic acids is 1. The molecule has 1 aliphatic rings. The van der Waals surface area contributed by atoms with E-state index in [1.807, 2.05) is 6.07 Å².